The number of carbonyl (C=O) groups is 1. The van der Waals surface area contributed by atoms with E-state index >= 15 is 0 Å². The molecule has 0 spiro atoms. The highest BCUT2D eigenvalue weighted by atomic mass is 19.1. The van der Waals surface area contributed by atoms with Crippen LogP contribution in [0.25, 0.3) is 0 Å². The van der Waals surface area contributed by atoms with Crippen LogP contribution in [0.2, 0.25) is 0 Å². The van der Waals surface area contributed by atoms with E-state index in [0.717, 1.165) is 0 Å². The SMILES string of the molecule is CN(C)C[C@]1(O)CCN(C(=O)Cc2ccccc2F)C1. The van der Waals surface area contributed by atoms with E-state index in [2.05, 4.69) is 0 Å². The molecule has 1 aromatic rings. The van der Waals surface area contributed by atoms with Gasteiger partial charge in [-0.2, -0.15) is 0 Å². The molecule has 1 saturated heterocycles. The van der Waals surface area contributed by atoms with Gasteiger partial charge in [0.2, 0.25) is 5.91 Å². The first-order valence-electron chi connectivity index (χ1n) is 6.78. The molecule has 1 amide bonds. The Morgan fingerprint density at radius 2 is 2.15 bits per heavy atom. The van der Waals surface area contributed by atoms with Crippen molar-refractivity contribution in [1.82, 2.24) is 9.80 Å². The summed E-state index contributed by atoms with van der Waals surface area (Å²) in [6.07, 6.45) is 0.610. The molecule has 4 nitrogen and oxygen atoms in total. The van der Waals surface area contributed by atoms with Crippen LogP contribution in [0.15, 0.2) is 24.3 Å². The maximum absolute atomic E-state index is 13.5. The first-order valence-corrected chi connectivity index (χ1v) is 6.78. The van der Waals surface area contributed by atoms with Crippen molar-refractivity contribution in [2.24, 2.45) is 0 Å². The Labute approximate surface area is 118 Å². The fourth-order valence-electron chi connectivity index (χ4n) is 2.70. The predicted octanol–water partition coefficient (Wildman–Crippen LogP) is 0.893. The molecule has 1 N–H and O–H groups in total. The second-order valence-electron chi connectivity index (χ2n) is 5.80. The van der Waals surface area contributed by atoms with E-state index in [1.807, 2.05) is 19.0 Å². The molecular formula is C15H21FN2O2. The Morgan fingerprint density at radius 1 is 1.45 bits per heavy atom. The first kappa shape index (κ1) is 14.9. The van der Waals surface area contributed by atoms with Crippen molar-refractivity contribution in [3.63, 3.8) is 0 Å². The van der Waals surface area contributed by atoms with E-state index < -0.39 is 5.60 Å². The molecule has 0 unspecified atom stereocenters. The molecule has 0 radical (unpaired) electrons. The molecule has 1 aliphatic rings. The zero-order valence-corrected chi connectivity index (χ0v) is 12.0. The van der Waals surface area contributed by atoms with Gasteiger partial charge in [0.25, 0.3) is 0 Å². The molecule has 0 bridgehead atoms. The maximum atomic E-state index is 13.5. The number of likely N-dealkylation sites (N-methyl/N-ethyl adjacent to an activating group) is 1. The number of rotatable bonds is 4. The van der Waals surface area contributed by atoms with E-state index in [4.69, 9.17) is 0 Å². The molecule has 1 atom stereocenters. The van der Waals surface area contributed by atoms with Gasteiger partial charge < -0.3 is 14.9 Å². The summed E-state index contributed by atoms with van der Waals surface area (Å²) in [6, 6.07) is 6.30. The highest BCUT2D eigenvalue weighted by Crippen LogP contribution is 2.23. The topological polar surface area (TPSA) is 43.8 Å². The summed E-state index contributed by atoms with van der Waals surface area (Å²) in [5.74, 6) is -0.492. The lowest BCUT2D eigenvalue weighted by atomic mass is 10.0. The normalized spacial score (nSPS) is 22.6. The number of aliphatic hydroxyl groups is 1. The summed E-state index contributed by atoms with van der Waals surface area (Å²) in [5.41, 5.74) is -0.449. The lowest BCUT2D eigenvalue weighted by Crippen LogP contribution is -2.43. The van der Waals surface area contributed by atoms with E-state index in [1.165, 1.54) is 6.07 Å². The molecule has 5 heteroatoms. The first-order chi connectivity index (χ1) is 9.39. The minimum atomic E-state index is -0.853. The van der Waals surface area contributed by atoms with E-state index in [1.54, 1.807) is 23.1 Å². The number of likely N-dealkylation sites (tertiary alicyclic amines) is 1. The second kappa shape index (κ2) is 5.89. The zero-order valence-electron chi connectivity index (χ0n) is 12.0. The van der Waals surface area contributed by atoms with Gasteiger partial charge in [0.1, 0.15) is 5.82 Å². The van der Waals surface area contributed by atoms with Gasteiger partial charge in [-0.05, 0) is 32.1 Å². The summed E-state index contributed by atoms with van der Waals surface area (Å²) < 4.78 is 13.5. The smallest absolute Gasteiger partial charge is 0.227 e. The van der Waals surface area contributed by atoms with Crippen molar-refractivity contribution >= 4 is 5.91 Å². The Bertz CT molecular complexity index is 493. The van der Waals surface area contributed by atoms with Crippen molar-refractivity contribution < 1.29 is 14.3 Å². The molecule has 20 heavy (non-hydrogen) atoms. The van der Waals surface area contributed by atoms with Crippen LogP contribution in [0.5, 0.6) is 0 Å². The third-order valence-electron chi connectivity index (χ3n) is 3.60. The molecule has 2 rings (SSSR count). The summed E-state index contributed by atoms with van der Waals surface area (Å²) in [4.78, 5) is 15.7. The molecule has 1 aliphatic heterocycles. The van der Waals surface area contributed by atoms with Gasteiger partial charge in [0, 0.05) is 13.1 Å². The minimum Gasteiger partial charge on any atom is -0.387 e. The number of hydrogen-bond donors (Lipinski definition) is 1. The molecule has 1 heterocycles. The zero-order chi connectivity index (χ0) is 14.8. The van der Waals surface area contributed by atoms with Gasteiger partial charge in [0.05, 0.1) is 18.6 Å². The molecule has 1 fully saturated rings. The van der Waals surface area contributed by atoms with E-state index in [-0.39, 0.29) is 18.1 Å². The monoisotopic (exact) mass is 280 g/mol. The lowest BCUT2D eigenvalue weighted by Gasteiger charge is -2.26. The molecule has 0 aromatic heterocycles. The Kier molecular flexibility index (Phi) is 4.40. The highest BCUT2D eigenvalue weighted by molar-refractivity contribution is 5.79. The van der Waals surface area contributed by atoms with Crippen LogP contribution < -0.4 is 0 Å². The van der Waals surface area contributed by atoms with Crippen LogP contribution in [0.4, 0.5) is 4.39 Å². The maximum Gasteiger partial charge on any atom is 0.227 e. The average molecular weight is 280 g/mol. The summed E-state index contributed by atoms with van der Waals surface area (Å²) >= 11 is 0. The van der Waals surface area contributed by atoms with Crippen molar-refractivity contribution in [1.29, 1.82) is 0 Å². The quantitative estimate of drug-likeness (QED) is 0.891. The number of hydrogen-bond acceptors (Lipinski definition) is 3. The van der Waals surface area contributed by atoms with Crippen molar-refractivity contribution in [3.05, 3.63) is 35.6 Å². The number of carbonyl (C=O) groups excluding carboxylic acids is 1. The van der Waals surface area contributed by atoms with Crippen LogP contribution in [-0.2, 0) is 11.2 Å². The highest BCUT2D eigenvalue weighted by Gasteiger charge is 2.38. The van der Waals surface area contributed by atoms with Gasteiger partial charge in [0.15, 0.2) is 0 Å². The van der Waals surface area contributed by atoms with Crippen molar-refractivity contribution in [2.45, 2.75) is 18.4 Å². The van der Waals surface area contributed by atoms with Gasteiger partial charge in [-0.3, -0.25) is 4.79 Å². The number of nitrogens with zero attached hydrogens (tertiary/aromatic N) is 2. The summed E-state index contributed by atoms with van der Waals surface area (Å²) in [7, 11) is 3.78. The van der Waals surface area contributed by atoms with Gasteiger partial charge >= 0.3 is 0 Å². The van der Waals surface area contributed by atoms with Crippen molar-refractivity contribution in [3.8, 4) is 0 Å². The molecule has 110 valence electrons. The number of amides is 1. The molecule has 0 aliphatic carbocycles. The predicted molar refractivity (Wildman–Crippen MR) is 74.8 cm³/mol. The molecule has 0 saturated carbocycles. The molecule has 1 aromatic carbocycles. The number of β-amino-alcohol motifs (C(OH)–C–C–N with tert-alkyl or cyclic N) is 1. The Hall–Kier alpha value is -1.46. The minimum absolute atomic E-state index is 0.0463. The van der Waals surface area contributed by atoms with Gasteiger partial charge in [-0.15, -0.1) is 0 Å². The third kappa shape index (κ3) is 3.55. The Balaban J connectivity index is 1.97. The second-order valence-corrected chi connectivity index (χ2v) is 5.80. The van der Waals surface area contributed by atoms with Crippen LogP contribution >= 0.6 is 0 Å². The van der Waals surface area contributed by atoms with Crippen LogP contribution in [0, 0.1) is 5.82 Å². The van der Waals surface area contributed by atoms with E-state index in [0.29, 0.717) is 31.6 Å². The average Bonchev–Trinajstić information content (AvgIpc) is 2.73. The standard InChI is InChI=1S/C15H21FN2O2/c1-17(2)10-15(20)7-8-18(11-15)14(19)9-12-5-3-4-6-13(12)16/h3-6,20H,7-11H2,1-2H3/t15-/m1/s1. The van der Waals surface area contributed by atoms with Gasteiger partial charge in [-0.25, -0.2) is 4.39 Å². The fraction of sp³-hybridized carbons (Fsp3) is 0.533. The fourth-order valence-corrected chi connectivity index (χ4v) is 2.70. The van der Waals surface area contributed by atoms with Gasteiger partial charge in [-0.1, -0.05) is 18.2 Å². The number of halogens is 1. The van der Waals surface area contributed by atoms with Crippen molar-refractivity contribution in [2.75, 3.05) is 33.7 Å². The number of benzene rings is 1. The van der Waals surface area contributed by atoms with Crippen LogP contribution in [0.1, 0.15) is 12.0 Å². The Morgan fingerprint density at radius 3 is 2.80 bits per heavy atom. The lowest BCUT2D eigenvalue weighted by molar-refractivity contribution is -0.130. The summed E-state index contributed by atoms with van der Waals surface area (Å²) in [5, 5.41) is 10.4. The summed E-state index contributed by atoms with van der Waals surface area (Å²) in [6.45, 7) is 1.37. The molecular weight excluding hydrogens is 259 g/mol. The van der Waals surface area contributed by atoms with Crippen LogP contribution in [-0.4, -0.2) is 60.1 Å². The third-order valence-corrected chi connectivity index (χ3v) is 3.60. The largest absolute Gasteiger partial charge is 0.387 e. The van der Waals surface area contributed by atoms with E-state index in [9.17, 15) is 14.3 Å². The van der Waals surface area contributed by atoms with Crippen LogP contribution in [0.3, 0.4) is 0 Å².